The van der Waals surface area contributed by atoms with Crippen molar-refractivity contribution in [1.82, 2.24) is 0 Å². The van der Waals surface area contributed by atoms with Crippen LogP contribution in [-0.2, 0) is 9.53 Å². The van der Waals surface area contributed by atoms with E-state index in [1.165, 1.54) is 31.4 Å². The van der Waals surface area contributed by atoms with E-state index < -0.39 is 10.9 Å². The third-order valence-corrected chi connectivity index (χ3v) is 4.63. The third kappa shape index (κ3) is 4.55. The van der Waals surface area contributed by atoms with Gasteiger partial charge < -0.3 is 14.2 Å². The summed E-state index contributed by atoms with van der Waals surface area (Å²) in [6, 6.07) is 7.02. The van der Waals surface area contributed by atoms with Gasteiger partial charge in [-0.25, -0.2) is 9.79 Å². The van der Waals surface area contributed by atoms with Gasteiger partial charge in [0.25, 0.3) is 5.69 Å². The maximum atomic E-state index is 12.3. The summed E-state index contributed by atoms with van der Waals surface area (Å²) in [6.45, 7) is 2.44. The molecule has 2 aromatic carbocycles. The number of ether oxygens (including phenoxy) is 3. The number of nitrogens with zero attached hydrogens (tertiary/aromatic N) is 2. The average Bonchev–Trinajstić information content (AvgIpc) is 3.07. The number of non-ortho nitro benzene ring substituents is 1. The first-order valence-electron chi connectivity index (χ1n) is 8.81. The van der Waals surface area contributed by atoms with Crippen LogP contribution in [0.4, 0.5) is 5.69 Å². The number of nitro benzene ring substituents is 1. The van der Waals surface area contributed by atoms with E-state index in [2.05, 4.69) is 4.99 Å². The van der Waals surface area contributed by atoms with Crippen molar-refractivity contribution in [3.63, 3.8) is 0 Å². The number of rotatable bonds is 7. The Morgan fingerprint density at radius 1 is 1.23 bits per heavy atom. The molecule has 0 fully saturated rings. The van der Waals surface area contributed by atoms with Crippen LogP contribution in [0.25, 0.3) is 6.08 Å². The second-order valence-electron chi connectivity index (χ2n) is 6.14. The first-order chi connectivity index (χ1) is 14.3. The normalized spacial score (nSPS) is 14.5. The van der Waals surface area contributed by atoms with Gasteiger partial charge in [-0.15, -0.1) is 0 Å². The molecular formula is C20H16Cl2N2O6. The Kier molecular flexibility index (Phi) is 6.59. The number of cyclic esters (lactones) is 1. The number of nitro groups is 1. The Labute approximate surface area is 181 Å². The van der Waals surface area contributed by atoms with Crippen LogP contribution < -0.4 is 9.47 Å². The Morgan fingerprint density at radius 2 is 2.00 bits per heavy atom. The van der Waals surface area contributed by atoms with Gasteiger partial charge >= 0.3 is 5.97 Å². The minimum absolute atomic E-state index is 0.0204. The van der Waals surface area contributed by atoms with E-state index in [1.54, 1.807) is 12.1 Å². The van der Waals surface area contributed by atoms with Gasteiger partial charge in [0.05, 0.1) is 34.2 Å². The summed E-state index contributed by atoms with van der Waals surface area (Å²) in [6.07, 6.45) is 2.26. The zero-order chi connectivity index (χ0) is 21.8. The Balaban J connectivity index is 1.98. The molecule has 0 N–H and O–H groups in total. The Hall–Kier alpha value is -3.10. The standard InChI is InChI=1S/C20H16Cl2N2O6/c1-3-6-29-18-15(22)7-11(9-17(18)28-2)8-16-20(25)30-19(23-16)13-10-12(24(26)27)4-5-14(13)21/h4-5,7-10H,3,6H2,1-2H3. The quantitative estimate of drug-likeness (QED) is 0.253. The molecule has 10 heteroatoms. The molecule has 0 saturated heterocycles. The van der Waals surface area contributed by atoms with E-state index in [0.29, 0.717) is 28.7 Å². The van der Waals surface area contributed by atoms with Gasteiger partial charge in [0.15, 0.2) is 17.2 Å². The van der Waals surface area contributed by atoms with Gasteiger partial charge in [0.1, 0.15) is 0 Å². The molecule has 0 radical (unpaired) electrons. The predicted octanol–water partition coefficient (Wildman–Crippen LogP) is 5.04. The fraction of sp³-hybridized carbons (Fsp3) is 0.200. The molecule has 0 spiro atoms. The molecule has 1 aliphatic rings. The highest BCUT2D eigenvalue weighted by Gasteiger charge is 2.27. The van der Waals surface area contributed by atoms with Gasteiger partial charge in [-0.2, -0.15) is 0 Å². The van der Waals surface area contributed by atoms with E-state index in [9.17, 15) is 14.9 Å². The lowest BCUT2D eigenvalue weighted by atomic mass is 10.1. The SMILES string of the molecule is CCCOc1c(Cl)cc(C=C2N=C(c3cc([N+](=O)[O-])ccc3Cl)OC2=O)cc1OC. The molecule has 0 saturated carbocycles. The maximum absolute atomic E-state index is 12.3. The number of halogens is 2. The van der Waals surface area contributed by atoms with E-state index in [4.69, 9.17) is 37.4 Å². The van der Waals surface area contributed by atoms with E-state index in [1.807, 2.05) is 6.92 Å². The fourth-order valence-corrected chi connectivity index (χ4v) is 3.11. The van der Waals surface area contributed by atoms with Gasteiger partial charge in [-0.1, -0.05) is 30.1 Å². The van der Waals surface area contributed by atoms with Crippen molar-refractivity contribution in [3.8, 4) is 11.5 Å². The summed E-state index contributed by atoms with van der Waals surface area (Å²) in [5.74, 6) is -0.0419. The van der Waals surface area contributed by atoms with Crippen molar-refractivity contribution in [2.24, 2.45) is 4.99 Å². The summed E-state index contributed by atoms with van der Waals surface area (Å²) in [7, 11) is 1.48. The van der Waals surface area contributed by atoms with Crippen molar-refractivity contribution < 1.29 is 23.9 Å². The third-order valence-electron chi connectivity index (χ3n) is 4.02. The first kappa shape index (κ1) is 21.6. The molecule has 1 heterocycles. The van der Waals surface area contributed by atoms with Crippen LogP contribution in [0, 0.1) is 10.1 Å². The molecular weight excluding hydrogens is 435 g/mol. The molecule has 0 aromatic heterocycles. The zero-order valence-electron chi connectivity index (χ0n) is 16.0. The molecule has 0 aliphatic carbocycles. The number of hydrogen-bond acceptors (Lipinski definition) is 7. The molecule has 0 amide bonds. The number of hydrogen-bond donors (Lipinski definition) is 0. The van der Waals surface area contributed by atoms with Crippen LogP contribution in [0.5, 0.6) is 11.5 Å². The zero-order valence-corrected chi connectivity index (χ0v) is 17.5. The topological polar surface area (TPSA) is 100 Å². The monoisotopic (exact) mass is 450 g/mol. The number of benzene rings is 2. The lowest BCUT2D eigenvalue weighted by Crippen LogP contribution is -2.06. The van der Waals surface area contributed by atoms with Crippen LogP contribution >= 0.6 is 23.2 Å². The number of methoxy groups -OCH3 is 1. The number of carbonyl (C=O) groups excluding carboxylic acids is 1. The number of aliphatic imine (C=N–C) groups is 1. The van der Waals surface area contributed by atoms with Crippen molar-refractivity contribution >= 4 is 46.8 Å². The second-order valence-corrected chi connectivity index (χ2v) is 6.95. The first-order valence-corrected chi connectivity index (χ1v) is 9.56. The van der Waals surface area contributed by atoms with E-state index in [0.717, 1.165) is 6.42 Å². The van der Waals surface area contributed by atoms with Crippen LogP contribution in [0.3, 0.4) is 0 Å². The maximum Gasteiger partial charge on any atom is 0.363 e. The highest BCUT2D eigenvalue weighted by Crippen LogP contribution is 2.37. The Morgan fingerprint density at radius 3 is 2.67 bits per heavy atom. The van der Waals surface area contributed by atoms with Crippen LogP contribution in [0.1, 0.15) is 24.5 Å². The molecule has 1 aliphatic heterocycles. The van der Waals surface area contributed by atoms with E-state index in [-0.39, 0.29) is 27.9 Å². The summed E-state index contributed by atoms with van der Waals surface area (Å²) in [5, 5.41) is 11.5. The molecule has 3 rings (SSSR count). The molecule has 8 nitrogen and oxygen atoms in total. The fourth-order valence-electron chi connectivity index (χ4n) is 2.64. The highest BCUT2D eigenvalue weighted by atomic mass is 35.5. The summed E-state index contributed by atoms with van der Waals surface area (Å²) < 4.78 is 16.1. The highest BCUT2D eigenvalue weighted by molar-refractivity contribution is 6.34. The molecule has 0 unspecified atom stereocenters. The predicted molar refractivity (Wildman–Crippen MR) is 113 cm³/mol. The Bertz CT molecular complexity index is 1080. The van der Waals surface area contributed by atoms with Crippen LogP contribution in [0.15, 0.2) is 41.0 Å². The summed E-state index contributed by atoms with van der Waals surface area (Å²) >= 11 is 12.4. The molecule has 2 aromatic rings. The van der Waals surface area contributed by atoms with Gasteiger partial charge in [0, 0.05) is 12.1 Å². The lowest BCUT2D eigenvalue weighted by Gasteiger charge is -2.12. The van der Waals surface area contributed by atoms with Crippen molar-refractivity contribution in [2.45, 2.75) is 13.3 Å². The largest absolute Gasteiger partial charge is 0.493 e. The minimum atomic E-state index is -0.728. The number of carbonyl (C=O) groups is 1. The summed E-state index contributed by atoms with van der Waals surface area (Å²) in [4.78, 5) is 26.8. The van der Waals surface area contributed by atoms with Crippen molar-refractivity contribution in [1.29, 1.82) is 0 Å². The molecule has 30 heavy (non-hydrogen) atoms. The smallest absolute Gasteiger partial charge is 0.363 e. The van der Waals surface area contributed by atoms with E-state index >= 15 is 0 Å². The average molecular weight is 451 g/mol. The molecule has 0 bridgehead atoms. The molecule has 0 atom stereocenters. The number of esters is 1. The van der Waals surface area contributed by atoms with Crippen LogP contribution in [-0.4, -0.2) is 30.5 Å². The minimum Gasteiger partial charge on any atom is -0.493 e. The van der Waals surface area contributed by atoms with Crippen LogP contribution in [0.2, 0.25) is 10.0 Å². The van der Waals surface area contributed by atoms with Crippen molar-refractivity contribution in [3.05, 3.63) is 67.3 Å². The van der Waals surface area contributed by atoms with Gasteiger partial charge in [-0.05, 0) is 36.3 Å². The lowest BCUT2D eigenvalue weighted by molar-refractivity contribution is -0.384. The van der Waals surface area contributed by atoms with Gasteiger partial charge in [0.2, 0.25) is 5.90 Å². The summed E-state index contributed by atoms with van der Waals surface area (Å²) in [5.41, 5.74) is 0.446. The molecule has 156 valence electrons. The second kappa shape index (κ2) is 9.15. The van der Waals surface area contributed by atoms with Gasteiger partial charge in [-0.3, -0.25) is 10.1 Å². The van der Waals surface area contributed by atoms with Crippen molar-refractivity contribution in [2.75, 3.05) is 13.7 Å².